The molecule has 0 aliphatic heterocycles. The van der Waals surface area contributed by atoms with Crippen LogP contribution in [0.2, 0.25) is 0 Å². The van der Waals surface area contributed by atoms with Gasteiger partial charge in [0.15, 0.2) is 0 Å². The highest BCUT2D eigenvalue weighted by Gasteiger charge is 2.18. The zero-order valence-electron chi connectivity index (χ0n) is 10.8. The Kier molecular flexibility index (Phi) is 3.93. The van der Waals surface area contributed by atoms with Gasteiger partial charge in [0, 0.05) is 5.56 Å². The Morgan fingerprint density at radius 3 is 2.53 bits per heavy atom. The molecular weight excluding hydrogens is 212 g/mol. The second-order valence-corrected chi connectivity index (χ2v) is 5.22. The number of rotatable bonds is 3. The van der Waals surface area contributed by atoms with E-state index >= 15 is 0 Å². The van der Waals surface area contributed by atoms with Gasteiger partial charge in [-0.15, -0.1) is 0 Å². The SMILES string of the molecule is CC(C)c1c(O)cccc1OC1CCCCC1. The van der Waals surface area contributed by atoms with Gasteiger partial charge in [-0.2, -0.15) is 0 Å². The van der Waals surface area contributed by atoms with Crippen molar-refractivity contribution >= 4 is 0 Å². The summed E-state index contributed by atoms with van der Waals surface area (Å²) in [4.78, 5) is 0. The van der Waals surface area contributed by atoms with Gasteiger partial charge < -0.3 is 9.84 Å². The van der Waals surface area contributed by atoms with Crippen LogP contribution in [0.15, 0.2) is 18.2 Å². The van der Waals surface area contributed by atoms with E-state index in [4.69, 9.17) is 4.74 Å². The first-order valence-electron chi connectivity index (χ1n) is 6.67. The van der Waals surface area contributed by atoms with Crippen LogP contribution in [-0.4, -0.2) is 11.2 Å². The first-order chi connectivity index (χ1) is 8.18. The molecule has 1 aliphatic rings. The minimum Gasteiger partial charge on any atom is -0.508 e. The van der Waals surface area contributed by atoms with E-state index in [9.17, 15) is 5.11 Å². The minimum atomic E-state index is 0.287. The maximum atomic E-state index is 9.91. The van der Waals surface area contributed by atoms with E-state index in [0.29, 0.717) is 11.9 Å². The van der Waals surface area contributed by atoms with E-state index < -0.39 is 0 Å². The molecule has 0 amide bonds. The number of benzene rings is 1. The molecule has 0 atom stereocenters. The van der Waals surface area contributed by atoms with Crippen molar-refractivity contribution in [1.82, 2.24) is 0 Å². The van der Waals surface area contributed by atoms with Gasteiger partial charge in [0.05, 0.1) is 6.10 Å². The van der Waals surface area contributed by atoms with Crippen molar-refractivity contribution in [3.05, 3.63) is 23.8 Å². The molecule has 0 saturated heterocycles. The molecule has 17 heavy (non-hydrogen) atoms. The van der Waals surface area contributed by atoms with Crippen molar-refractivity contribution in [2.24, 2.45) is 0 Å². The Morgan fingerprint density at radius 2 is 1.88 bits per heavy atom. The summed E-state index contributed by atoms with van der Waals surface area (Å²) in [5.41, 5.74) is 0.943. The zero-order valence-corrected chi connectivity index (χ0v) is 10.8. The molecular formula is C15H22O2. The van der Waals surface area contributed by atoms with E-state index in [0.717, 1.165) is 24.2 Å². The zero-order chi connectivity index (χ0) is 12.3. The Balaban J connectivity index is 2.16. The van der Waals surface area contributed by atoms with Gasteiger partial charge in [-0.1, -0.05) is 26.3 Å². The molecule has 94 valence electrons. The molecule has 0 radical (unpaired) electrons. The van der Waals surface area contributed by atoms with Crippen LogP contribution in [-0.2, 0) is 0 Å². The standard InChI is InChI=1S/C15H22O2/c1-11(2)15-13(16)9-6-10-14(15)17-12-7-4-3-5-8-12/h6,9-12,16H,3-5,7-8H2,1-2H3. The molecule has 1 aromatic carbocycles. The Bertz CT molecular complexity index is 365. The third kappa shape index (κ3) is 2.93. The van der Waals surface area contributed by atoms with Crippen molar-refractivity contribution in [2.75, 3.05) is 0 Å². The third-order valence-corrected chi connectivity index (χ3v) is 3.47. The van der Waals surface area contributed by atoms with Crippen molar-refractivity contribution in [1.29, 1.82) is 0 Å². The molecule has 2 rings (SSSR count). The van der Waals surface area contributed by atoms with Gasteiger partial charge in [0.1, 0.15) is 11.5 Å². The molecule has 0 spiro atoms. The summed E-state index contributed by atoms with van der Waals surface area (Å²) in [5.74, 6) is 1.51. The van der Waals surface area contributed by atoms with Gasteiger partial charge in [-0.3, -0.25) is 0 Å². The van der Waals surface area contributed by atoms with Crippen LogP contribution < -0.4 is 4.74 Å². The highest BCUT2D eigenvalue weighted by molar-refractivity contribution is 5.45. The summed E-state index contributed by atoms with van der Waals surface area (Å²) in [6.07, 6.45) is 6.49. The lowest BCUT2D eigenvalue weighted by atomic mass is 9.97. The third-order valence-electron chi connectivity index (χ3n) is 3.47. The summed E-state index contributed by atoms with van der Waals surface area (Å²) in [6, 6.07) is 5.58. The second-order valence-electron chi connectivity index (χ2n) is 5.22. The lowest BCUT2D eigenvalue weighted by Gasteiger charge is -2.25. The highest BCUT2D eigenvalue weighted by atomic mass is 16.5. The van der Waals surface area contributed by atoms with Crippen LogP contribution >= 0.6 is 0 Å². The molecule has 0 unspecified atom stereocenters. The first-order valence-corrected chi connectivity index (χ1v) is 6.67. The van der Waals surface area contributed by atoms with Gasteiger partial charge in [0.2, 0.25) is 0 Å². The quantitative estimate of drug-likeness (QED) is 0.848. The van der Waals surface area contributed by atoms with E-state index in [1.165, 1.54) is 19.3 Å². The van der Waals surface area contributed by atoms with Crippen LogP contribution in [0.25, 0.3) is 0 Å². The Hall–Kier alpha value is -1.18. The first kappa shape index (κ1) is 12.3. The van der Waals surface area contributed by atoms with Crippen molar-refractivity contribution in [3.8, 4) is 11.5 Å². The van der Waals surface area contributed by atoms with Gasteiger partial charge in [-0.05, 0) is 43.7 Å². The number of hydrogen-bond acceptors (Lipinski definition) is 2. The lowest BCUT2D eigenvalue weighted by Crippen LogP contribution is -2.20. The number of phenolic OH excluding ortho intramolecular Hbond substituents is 1. The average molecular weight is 234 g/mol. The van der Waals surface area contributed by atoms with Crippen LogP contribution in [0.4, 0.5) is 0 Å². The molecule has 0 heterocycles. The van der Waals surface area contributed by atoms with E-state index in [1.54, 1.807) is 6.07 Å². The number of phenols is 1. The second kappa shape index (κ2) is 5.44. The van der Waals surface area contributed by atoms with Crippen LogP contribution in [0, 0.1) is 0 Å². The van der Waals surface area contributed by atoms with E-state index in [1.807, 2.05) is 12.1 Å². The summed E-state index contributed by atoms with van der Waals surface area (Å²) in [7, 11) is 0. The maximum Gasteiger partial charge on any atom is 0.126 e. The van der Waals surface area contributed by atoms with Crippen LogP contribution in [0.3, 0.4) is 0 Å². The minimum absolute atomic E-state index is 0.287. The monoisotopic (exact) mass is 234 g/mol. The normalized spacial score (nSPS) is 17.4. The van der Waals surface area contributed by atoms with Gasteiger partial charge in [0.25, 0.3) is 0 Å². The largest absolute Gasteiger partial charge is 0.508 e. The topological polar surface area (TPSA) is 29.5 Å². The molecule has 1 fully saturated rings. The number of aromatic hydroxyl groups is 1. The average Bonchev–Trinajstić information content (AvgIpc) is 2.30. The molecule has 1 aromatic rings. The molecule has 1 aliphatic carbocycles. The summed E-state index contributed by atoms with van der Waals surface area (Å²) in [5, 5.41) is 9.91. The number of hydrogen-bond donors (Lipinski definition) is 1. The maximum absolute atomic E-state index is 9.91. The van der Waals surface area contributed by atoms with Crippen molar-refractivity contribution in [2.45, 2.75) is 58.0 Å². The fourth-order valence-corrected chi connectivity index (χ4v) is 2.58. The molecule has 0 aromatic heterocycles. The lowest BCUT2D eigenvalue weighted by molar-refractivity contribution is 0.152. The van der Waals surface area contributed by atoms with E-state index in [2.05, 4.69) is 13.8 Å². The van der Waals surface area contributed by atoms with Gasteiger partial charge in [-0.25, -0.2) is 0 Å². The van der Waals surface area contributed by atoms with Crippen molar-refractivity contribution in [3.63, 3.8) is 0 Å². The molecule has 0 bridgehead atoms. The Morgan fingerprint density at radius 1 is 1.18 bits per heavy atom. The summed E-state index contributed by atoms with van der Waals surface area (Å²) in [6.45, 7) is 4.17. The fourth-order valence-electron chi connectivity index (χ4n) is 2.58. The predicted molar refractivity (Wildman–Crippen MR) is 69.7 cm³/mol. The van der Waals surface area contributed by atoms with Gasteiger partial charge >= 0.3 is 0 Å². The van der Waals surface area contributed by atoms with E-state index in [-0.39, 0.29) is 5.92 Å². The van der Waals surface area contributed by atoms with Crippen LogP contribution in [0.1, 0.15) is 57.4 Å². The summed E-state index contributed by atoms with van der Waals surface area (Å²) >= 11 is 0. The predicted octanol–water partition coefficient (Wildman–Crippen LogP) is 4.23. The molecule has 2 heteroatoms. The highest BCUT2D eigenvalue weighted by Crippen LogP contribution is 2.36. The molecule has 2 nitrogen and oxygen atoms in total. The molecule has 1 saturated carbocycles. The Labute approximate surface area is 104 Å². The smallest absolute Gasteiger partial charge is 0.126 e. The molecule has 1 N–H and O–H groups in total. The van der Waals surface area contributed by atoms with Crippen LogP contribution in [0.5, 0.6) is 11.5 Å². The van der Waals surface area contributed by atoms with Crippen molar-refractivity contribution < 1.29 is 9.84 Å². The fraction of sp³-hybridized carbons (Fsp3) is 0.600. The number of ether oxygens (including phenoxy) is 1. The summed E-state index contributed by atoms with van der Waals surface area (Å²) < 4.78 is 6.07.